The van der Waals surface area contributed by atoms with Gasteiger partial charge in [-0.05, 0) is 25.2 Å². The van der Waals surface area contributed by atoms with Crippen LogP contribution in [0.2, 0.25) is 0 Å². The quantitative estimate of drug-likeness (QED) is 0.850. The van der Waals surface area contributed by atoms with Crippen molar-refractivity contribution in [3.63, 3.8) is 0 Å². The summed E-state index contributed by atoms with van der Waals surface area (Å²) in [6.07, 6.45) is 7.72. The normalized spacial score (nSPS) is 32.7. The molecule has 2 fully saturated rings. The third-order valence-electron chi connectivity index (χ3n) is 4.33. The van der Waals surface area contributed by atoms with E-state index in [0.29, 0.717) is 6.04 Å². The van der Waals surface area contributed by atoms with Gasteiger partial charge in [-0.2, -0.15) is 5.10 Å². The summed E-state index contributed by atoms with van der Waals surface area (Å²) in [6, 6.07) is 1.16. The molecular formula is C13H22N4. The van der Waals surface area contributed by atoms with Gasteiger partial charge in [0.2, 0.25) is 0 Å². The predicted molar refractivity (Wildman–Crippen MR) is 66.6 cm³/mol. The van der Waals surface area contributed by atoms with E-state index in [1.54, 1.807) is 0 Å². The van der Waals surface area contributed by atoms with Gasteiger partial charge in [-0.25, -0.2) is 4.98 Å². The standard InChI is InChI=1S/C13H22N4/c1-3-12-15-13(17(2)16-12)11-8-9-6-4-5-7-10(9)14-11/h9-11,14H,3-8H2,1-2H3. The fraction of sp³-hybridized carbons (Fsp3) is 0.846. The van der Waals surface area contributed by atoms with Crippen LogP contribution in [-0.4, -0.2) is 20.8 Å². The van der Waals surface area contributed by atoms with Crippen molar-refractivity contribution in [3.8, 4) is 0 Å². The van der Waals surface area contributed by atoms with Crippen molar-refractivity contribution in [1.82, 2.24) is 20.1 Å². The summed E-state index contributed by atoms with van der Waals surface area (Å²) in [5, 5.41) is 8.22. The Morgan fingerprint density at radius 3 is 2.88 bits per heavy atom. The van der Waals surface area contributed by atoms with Gasteiger partial charge in [0.05, 0.1) is 6.04 Å². The molecule has 17 heavy (non-hydrogen) atoms. The van der Waals surface area contributed by atoms with Crippen LogP contribution < -0.4 is 5.32 Å². The molecule has 1 aliphatic carbocycles. The van der Waals surface area contributed by atoms with Crippen molar-refractivity contribution in [2.75, 3.05) is 0 Å². The van der Waals surface area contributed by atoms with Crippen molar-refractivity contribution < 1.29 is 0 Å². The molecule has 1 aromatic heterocycles. The van der Waals surface area contributed by atoms with Gasteiger partial charge in [0.1, 0.15) is 5.82 Å². The van der Waals surface area contributed by atoms with E-state index in [2.05, 4.69) is 22.3 Å². The van der Waals surface area contributed by atoms with Crippen LogP contribution in [0.3, 0.4) is 0 Å². The minimum atomic E-state index is 0.431. The van der Waals surface area contributed by atoms with Crippen LogP contribution >= 0.6 is 0 Å². The lowest BCUT2D eigenvalue weighted by atomic mass is 9.85. The zero-order chi connectivity index (χ0) is 11.8. The van der Waals surface area contributed by atoms with Crippen LogP contribution in [0.4, 0.5) is 0 Å². The fourth-order valence-corrected chi connectivity index (χ4v) is 3.42. The number of nitrogens with one attached hydrogen (secondary N) is 1. The van der Waals surface area contributed by atoms with Crippen molar-refractivity contribution in [1.29, 1.82) is 0 Å². The Kier molecular flexibility index (Phi) is 2.90. The molecule has 94 valence electrons. The smallest absolute Gasteiger partial charge is 0.150 e. The summed E-state index contributed by atoms with van der Waals surface area (Å²) in [7, 11) is 2.02. The lowest BCUT2D eigenvalue weighted by Crippen LogP contribution is -2.31. The Labute approximate surface area is 103 Å². The number of rotatable bonds is 2. The number of nitrogens with zero attached hydrogens (tertiary/aromatic N) is 3. The fourth-order valence-electron chi connectivity index (χ4n) is 3.42. The third-order valence-corrected chi connectivity index (χ3v) is 4.33. The van der Waals surface area contributed by atoms with Gasteiger partial charge in [-0.3, -0.25) is 4.68 Å². The van der Waals surface area contributed by atoms with E-state index in [0.717, 1.165) is 30.0 Å². The summed E-state index contributed by atoms with van der Waals surface area (Å²) < 4.78 is 1.97. The molecule has 0 amide bonds. The first-order valence-electron chi connectivity index (χ1n) is 6.93. The van der Waals surface area contributed by atoms with E-state index in [9.17, 15) is 0 Å². The third kappa shape index (κ3) is 1.99. The Bertz CT molecular complexity index is 384. The molecule has 2 aliphatic rings. The van der Waals surface area contributed by atoms with Gasteiger partial charge in [0.15, 0.2) is 5.82 Å². The topological polar surface area (TPSA) is 42.7 Å². The molecule has 3 rings (SSSR count). The van der Waals surface area contributed by atoms with E-state index in [-0.39, 0.29) is 0 Å². The number of aromatic nitrogens is 3. The highest BCUT2D eigenvalue weighted by Crippen LogP contribution is 2.38. The summed E-state index contributed by atoms with van der Waals surface area (Å²) >= 11 is 0. The molecule has 4 heteroatoms. The molecular weight excluding hydrogens is 212 g/mol. The maximum absolute atomic E-state index is 4.66. The number of fused-ring (bicyclic) bond motifs is 1. The summed E-state index contributed by atoms with van der Waals surface area (Å²) in [6.45, 7) is 2.11. The first kappa shape index (κ1) is 11.2. The first-order valence-corrected chi connectivity index (χ1v) is 6.93. The second-order valence-corrected chi connectivity index (χ2v) is 5.47. The molecule has 0 radical (unpaired) electrons. The molecule has 2 heterocycles. The number of aryl methyl sites for hydroxylation is 2. The SMILES string of the molecule is CCc1nc(C2CC3CCCCC3N2)n(C)n1. The van der Waals surface area contributed by atoms with Crippen LogP contribution in [0.5, 0.6) is 0 Å². The molecule has 3 unspecified atom stereocenters. The van der Waals surface area contributed by atoms with E-state index in [4.69, 9.17) is 0 Å². The number of hydrogen-bond donors (Lipinski definition) is 1. The second-order valence-electron chi connectivity index (χ2n) is 5.47. The van der Waals surface area contributed by atoms with Crippen LogP contribution in [0.15, 0.2) is 0 Å². The monoisotopic (exact) mass is 234 g/mol. The molecule has 1 saturated heterocycles. The van der Waals surface area contributed by atoms with Crippen molar-refractivity contribution in [3.05, 3.63) is 11.6 Å². The summed E-state index contributed by atoms with van der Waals surface area (Å²) in [5.41, 5.74) is 0. The summed E-state index contributed by atoms with van der Waals surface area (Å²) in [4.78, 5) is 4.66. The average molecular weight is 234 g/mol. The van der Waals surface area contributed by atoms with Gasteiger partial charge in [-0.15, -0.1) is 0 Å². The number of hydrogen-bond acceptors (Lipinski definition) is 3. The van der Waals surface area contributed by atoms with E-state index < -0.39 is 0 Å². The van der Waals surface area contributed by atoms with Gasteiger partial charge in [0.25, 0.3) is 0 Å². The first-order chi connectivity index (χ1) is 8.28. The highest BCUT2D eigenvalue weighted by atomic mass is 15.3. The molecule has 3 atom stereocenters. The molecule has 4 nitrogen and oxygen atoms in total. The second kappa shape index (κ2) is 4.41. The van der Waals surface area contributed by atoms with Gasteiger partial charge in [0, 0.05) is 19.5 Å². The Morgan fingerprint density at radius 1 is 1.35 bits per heavy atom. The van der Waals surface area contributed by atoms with Crippen LogP contribution in [0.1, 0.15) is 56.7 Å². The van der Waals surface area contributed by atoms with Gasteiger partial charge < -0.3 is 5.32 Å². The molecule has 1 aromatic rings. The zero-order valence-corrected chi connectivity index (χ0v) is 10.8. The van der Waals surface area contributed by atoms with Crippen molar-refractivity contribution in [2.45, 2.75) is 57.5 Å². The molecule has 1 N–H and O–H groups in total. The van der Waals surface area contributed by atoms with Gasteiger partial charge in [-0.1, -0.05) is 19.8 Å². The Morgan fingerprint density at radius 2 is 2.18 bits per heavy atom. The van der Waals surface area contributed by atoms with E-state index in [1.165, 1.54) is 32.1 Å². The van der Waals surface area contributed by atoms with E-state index >= 15 is 0 Å². The van der Waals surface area contributed by atoms with Crippen LogP contribution in [-0.2, 0) is 13.5 Å². The highest BCUT2D eigenvalue weighted by molar-refractivity contribution is 5.05. The summed E-state index contributed by atoms with van der Waals surface area (Å²) in [5.74, 6) is 2.98. The highest BCUT2D eigenvalue weighted by Gasteiger charge is 2.37. The molecule has 1 saturated carbocycles. The molecule has 0 bridgehead atoms. The van der Waals surface area contributed by atoms with E-state index in [1.807, 2.05) is 11.7 Å². The van der Waals surface area contributed by atoms with Crippen LogP contribution in [0, 0.1) is 5.92 Å². The predicted octanol–water partition coefficient (Wildman–Crippen LogP) is 1.97. The van der Waals surface area contributed by atoms with Gasteiger partial charge >= 0.3 is 0 Å². The maximum atomic E-state index is 4.66. The van der Waals surface area contributed by atoms with Crippen LogP contribution in [0.25, 0.3) is 0 Å². The molecule has 0 aromatic carbocycles. The Hall–Kier alpha value is -0.900. The molecule has 0 spiro atoms. The van der Waals surface area contributed by atoms with Crippen molar-refractivity contribution in [2.24, 2.45) is 13.0 Å². The minimum absolute atomic E-state index is 0.431. The average Bonchev–Trinajstić information content (AvgIpc) is 2.91. The minimum Gasteiger partial charge on any atom is -0.304 e. The lowest BCUT2D eigenvalue weighted by Gasteiger charge is -2.24. The maximum Gasteiger partial charge on any atom is 0.150 e. The van der Waals surface area contributed by atoms with Crippen molar-refractivity contribution >= 4 is 0 Å². The zero-order valence-electron chi connectivity index (χ0n) is 10.8. The Balaban J connectivity index is 1.78. The molecule has 1 aliphatic heterocycles. The largest absolute Gasteiger partial charge is 0.304 e. The lowest BCUT2D eigenvalue weighted by molar-refractivity contribution is 0.325.